The van der Waals surface area contributed by atoms with E-state index in [1.54, 1.807) is 0 Å². The molecule has 1 saturated heterocycles. The maximum Gasteiger partial charge on any atom is 0.226 e. The number of hydrogen-bond acceptors (Lipinski definition) is 2. The summed E-state index contributed by atoms with van der Waals surface area (Å²) in [5.41, 5.74) is 0. The van der Waals surface area contributed by atoms with E-state index in [0.29, 0.717) is 25.0 Å². The minimum Gasteiger partial charge on any atom is -0.377 e. The first kappa shape index (κ1) is 8.05. The summed E-state index contributed by atoms with van der Waals surface area (Å²) in [6, 6.07) is 0.284. The lowest BCUT2D eigenvalue weighted by Gasteiger charge is -2.33. The Bertz CT molecular complexity index is 189. The number of morpholine rings is 1. The molecule has 3 nitrogen and oxygen atoms in total. The molecular formula is C9H15NO2. The molecule has 0 bridgehead atoms. The standard InChI is InChI=1S/C9H15NO2/c1-7-6-12-5-4-10(7)9(11)8-2-3-8/h7-8H,2-6H2,1H3/t7-/m1/s1. The molecule has 0 aromatic carbocycles. The lowest BCUT2D eigenvalue weighted by molar-refractivity contribution is -0.140. The molecule has 0 aromatic rings. The molecule has 2 fully saturated rings. The van der Waals surface area contributed by atoms with Crippen molar-refractivity contribution in [3.8, 4) is 0 Å². The van der Waals surface area contributed by atoms with Crippen LogP contribution in [0, 0.1) is 5.92 Å². The SMILES string of the molecule is C[C@@H]1COCCN1C(=O)C1CC1. The summed E-state index contributed by atoms with van der Waals surface area (Å²) in [4.78, 5) is 13.6. The van der Waals surface area contributed by atoms with E-state index in [0.717, 1.165) is 19.4 Å². The van der Waals surface area contributed by atoms with Crippen LogP contribution in [0.2, 0.25) is 0 Å². The van der Waals surface area contributed by atoms with Crippen molar-refractivity contribution >= 4 is 5.91 Å². The molecule has 68 valence electrons. The van der Waals surface area contributed by atoms with E-state index in [1.165, 1.54) is 0 Å². The van der Waals surface area contributed by atoms with E-state index in [1.807, 2.05) is 4.90 Å². The minimum atomic E-state index is 0.284. The van der Waals surface area contributed by atoms with E-state index in [4.69, 9.17) is 4.74 Å². The molecule has 1 amide bonds. The zero-order valence-electron chi connectivity index (χ0n) is 7.45. The van der Waals surface area contributed by atoms with Crippen LogP contribution in [-0.4, -0.2) is 36.6 Å². The van der Waals surface area contributed by atoms with Crippen molar-refractivity contribution in [2.24, 2.45) is 5.92 Å². The van der Waals surface area contributed by atoms with Crippen LogP contribution < -0.4 is 0 Å². The summed E-state index contributed by atoms with van der Waals surface area (Å²) in [6.45, 7) is 4.26. The van der Waals surface area contributed by atoms with Crippen LogP contribution >= 0.6 is 0 Å². The number of nitrogens with zero attached hydrogens (tertiary/aromatic N) is 1. The van der Waals surface area contributed by atoms with Gasteiger partial charge >= 0.3 is 0 Å². The third-order valence-electron chi connectivity index (χ3n) is 2.58. The van der Waals surface area contributed by atoms with Crippen LogP contribution in [0.5, 0.6) is 0 Å². The van der Waals surface area contributed by atoms with Crippen LogP contribution in [-0.2, 0) is 9.53 Å². The molecule has 1 aliphatic carbocycles. The van der Waals surface area contributed by atoms with Gasteiger partial charge in [-0.25, -0.2) is 0 Å². The lowest BCUT2D eigenvalue weighted by atomic mass is 10.2. The molecule has 2 aliphatic rings. The van der Waals surface area contributed by atoms with Crippen molar-refractivity contribution in [1.29, 1.82) is 0 Å². The van der Waals surface area contributed by atoms with Crippen molar-refractivity contribution in [3.63, 3.8) is 0 Å². The Labute approximate surface area is 72.7 Å². The average molecular weight is 169 g/mol. The Hall–Kier alpha value is -0.570. The summed E-state index contributed by atoms with van der Waals surface area (Å²) in [5.74, 6) is 0.705. The Kier molecular flexibility index (Phi) is 2.05. The number of carbonyl (C=O) groups is 1. The highest BCUT2D eigenvalue weighted by Gasteiger charge is 2.36. The van der Waals surface area contributed by atoms with Gasteiger partial charge in [-0.1, -0.05) is 0 Å². The van der Waals surface area contributed by atoms with Crippen molar-refractivity contribution in [3.05, 3.63) is 0 Å². The number of hydrogen-bond donors (Lipinski definition) is 0. The fraction of sp³-hybridized carbons (Fsp3) is 0.889. The molecule has 1 heterocycles. The molecule has 2 rings (SSSR count). The normalized spacial score (nSPS) is 30.4. The highest BCUT2D eigenvalue weighted by atomic mass is 16.5. The molecule has 0 radical (unpaired) electrons. The summed E-state index contributed by atoms with van der Waals surface area (Å²) >= 11 is 0. The highest BCUT2D eigenvalue weighted by molar-refractivity contribution is 5.81. The zero-order chi connectivity index (χ0) is 8.55. The van der Waals surface area contributed by atoms with Gasteiger partial charge in [-0.15, -0.1) is 0 Å². The summed E-state index contributed by atoms with van der Waals surface area (Å²) in [6.07, 6.45) is 2.20. The Morgan fingerprint density at radius 2 is 2.25 bits per heavy atom. The molecular weight excluding hydrogens is 154 g/mol. The first-order valence-corrected chi connectivity index (χ1v) is 4.67. The largest absolute Gasteiger partial charge is 0.377 e. The molecule has 12 heavy (non-hydrogen) atoms. The predicted octanol–water partition coefficient (Wildman–Crippen LogP) is 0.644. The fourth-order valence-electron chi connectivity index (χ4n) is 1.62. The van der Waals surface area contributed by atoms with E-state index >= 15 is 0 Å². The summed E-state index contributed by atoms with van der Waals surface area (Å²) < 4.78 is 5.27. The van der Waals surface area contributed by atoms with Crippen LogP contribution in [0.4, 0.5) is 0 Å². The Morgan fingerprint density at radius 3 is 2.83 bits per heavy atom. The number of ether oxygens (including phenoxy) is 1. The number of rotatable bonds is 1. The number of carbonyl (C=O) groups excluding carboxylic acids is 1. The van der Waals surface area contributed by atoms with Crippen molar-refractivity contribution in [2.75, 3.05) is 19.8 Å². The predicted molar refractivity (Wildman–Crippen MR) is 44.7 cm³/mol. The zero-order valence-corrected chi connectivity index (χ0v) is 7.45. The monoisotopic (exact) mass is 169 g/mol. The smallest absolute Gasteiger partial charge is 0.226 e. The molecule has 0 N–H and O–H groups in total. The molecule has 1 aliphatic heterocycles. The highest BCUT2D eigenvalue weighted by Crippen LogP contribution is 2.31. The van der Waals surface area contributed by atoms with Gasteiger partial charge in [0.1, 0.15) is 0 Å². The minimum absolute atomic E-state index is 0.284. The third kappa shape index (κ3) is 1.46. The second kappa shape index (κ2) is 3.05. The molecule has 0 aromatic heterocycles. The van der Waals surface area contributed by atoms with E-state index < -0.39 is 0 Å². The maximum absolute atomic E-state index is 11.6. The summed E-state index contributed by atoms with van der Waals surface area (Å²) in [5, 5.41) is 0. The molecule has 1 atom stereocenters. The first-order valence-electron chi connectivity index (χ1n) is 4.67. The van der Waals surface area contributed by atoms with E-state index in [-0.39, 0.29) is 6.04 Å². The van der Waals surface area contributed by atoms with Crippen molar-refractivity contribution in [1.82, 2.24) is 4.90 Å². The fourth-order valence-corrected chi connectivity index (χ4v) is 1.62. The van der Waals surface area contributed by atoms with Gasteiger partial charge in [-0.05, 0) is 19.8 Å². The molecule has 0 spiro atoms. The average Bonchev–Trinajstić information content (AvgIpc) is 2.86. The van der Waals surface area contributed by atoms with Crippen molar-refractivity contribution < 1.29 is 9.53 Å². The van der Waals surface area contributed by atoms with Gasteiger partial charge in [0.2, 0.25) is 5.91 Å². The second-order valence-corrected chi connectivity index (χ2v) is 3.73. The Morgan fingerprint density at radius 1 is 1.50 bits per heavy atom. The Balaban J connectivity index is 1.95. The van der Waals surface area contributed by atoms with E-state index in [9.17, 15) is 4.79 Å². The van der Waals surface area contributed by atoms with Gasteiger partial charge < -0.3 is 9.64 Å². The van der Waals surface area contributed by atoms with Crippen LogP contribution in [0.3, 0.4) is 0 Å². The molecule has 1 saturated carbocycles. The number of amides is 1. The van der Waals surface area contributed by atoms with E-state index in [2.05, 4.69) is 6.92 Å². The van der Waals surface area contributed by atoms with Gasteiger partial charge in [0.05, 0.1) is 19.3 Å². The van der Waals surface area contributed by atoms with Gasteiger partial charge in [0, 0.05) is 12.5 Å². The lowest BCUT2D eigenvalue weighted by Crippen LogP contribution is -2.47. The molecule has 0 unspecified atom stereocenters. The van der Waals surface area contributed by atoms with Gasteiger partial charge in [0.25, 0.3) is 0 Å². The maximum atomic E-state index is 11.6. The van der Waals surface area contributed by atoms with Gasteiger partial charge in [-0.2, -0.15) is 0 Å². The van der Waals surface area contributed by atoms with Crippen LogP contribution in [0.15, 0.2) is 0 Å². The van der Waals surface area contributed by atoms with Crippen LogP contribution in [0.1, 0.15) is 19.8 Å². The molecule has 3 heteroatoms. The third-order valence-corrected chi connectivity index (χ3v) is 2.58. The summed E-state index contributed by atoms with van der Waals surface area (Å²) in [7, 11) is 0. The van der Waals surface area contributed by atoms with Crippen molar-refractivity contribution in [2.45, 2.75) is 25.8 Å². The van der Waals surface area contributed by atoms with Gasteiger partial charge in [0.15, 0.2) is 0 Å². The van der Waals surface area contributed by atoms with Crippen LogP contribution in [0.25, 0.3) is 0 Å². The second-order valence-electron chi connectivity index (χ2n) is 3.73. The first-order chi connectivity index (χ1) is 5.79. The quantitative estimate of drug-likeness (QED) is 0.576. The van der Waals surface area contributed by atoms with Gasteiger partial charge in [-0.3, -0.25) is 4.79 Å². The topological polar surface area (TPSA) is 29.5 Å².